The van der Waals surface area contributed by atoms with E-state index in [1.165, 1.54) is 0 Å². The van der Waals surface area contributed by atoms with E-state index in [0.717, 1.165) is 16.9 Å². The molecule has 1 fully saturated rings. The van der Waals surface area contributed by atoms with Crippen LogP contribution in [-0.2, 0) is 27.3 Å². The highest BCUT2D eigenvalue weighted by Crippen LogP contribution is 2.36. The summed E-state index contributed by atoms with van der Waals surface area (Å²) in [6.45, 7) is 6.32. The van der Waals surface area contributed by atoms with Crippen LogP contribution in [0, 0.1) is 18.7 Å². The van der Waals surface area contributed by atoms with Crippen LogP contribution < -0.4 is 0 Å². The lowest BCUT2D eigenvalue weighted by Crippen LogP contribution is -2.52. The van der Waals surface area contributed by atoms with Gasteiger partial charge < -0.3 is 9.64 Å². The molecule has 2 rings (SSSR count). The van der Waals surface area contributed by atoms with Crippen LogP contribution in [0.4, 0.5) is 35.5 Å². The van der Waals surface area contributed by atoms with E-state index in [0.29, 0.717) is 30.0 Å². The number of carbonyl (C=O) groups excluding carboxylic acids is 3. The maximum Gasteiger partial charge on any atom is 0.434 e. The summed E-state index contributed by atoms with van der Waals surface area (Å²) < 4.78 is 94.0. The first kappa shape index (κ1) is 30.4. The molecule has 1 aromatic carbocycles. The first-order chi connectivity index (χ1) is 16.1. The lowest BCUT2D eigenvalue weighted by molar-refractivity contribution is -0.308. The summed E-state index contributed by atoms with van der Waals surface area (Å²) >= 11 is 0. The summed E-state index contributed by atoms with van der Waals surface area (Å²) in [5.41, 5.74) is 1.92. The number of carbonyl (C=O) groups is 1. The van der Waals surface area contributed by atoms with Crippen molar-refractivity contribution in [3.05, 3.63) is 34.6 Å². The fraction of sp³-hybridized carbons (Fsp3) is 0.636. The van der Waals surface area contributed by atoms with Crippen LogP contribution in [-0.4, -0.2) is 66.7 Å². The molecule has 0 aromatic heterocycles. The second-order valence-electron chi connectivity index (χ2n) is 8.46. The van der Waals surface area contributed by atoms with Gasteiger partial charge in [0.2, 0.25) is 0 Å². The molecule has 35 heavy (non-hydrogen) atoms. The van der Waals surface area contributed by atoms with Gasteiger partial charge in [-0.2, -0.15) is 35.9 Å². The summed E-state index contributed by atoms with van der Waals surface area (Å²) in [6.07, 6.45) is -15.7. The summed E-state index contributed by atoms with van der Waals surface area (Å²) in [7, 11) is 0. The van der Waals surface area contributed by atoms with E-state index in [1.54, 1.807) is 13.0 Å². The lowest BCUT2D eigenvalue weighted by Gasteiger charge is -2.35. The molecule has 13 heteroatoms. The van der Waals surface area contributed by atoms with E-state index in [1.807, 2.05) is 24.8 Å². The Morgan fingerprint density at radius 2 is 1.54 bits per heavy atom. The second kappa shape index (κ2) is 12.9. The minimum atomic E-state index is -5.75. The minimum absolute atomic E-state index is 0.100. The number of ether oxygens (including phenoxy) is 1. The molecule has 0 aliphatic carbocycles. The maximum absolute atomic E-state index is 14.7. The smallest absolute Gasteiger partial charge is 0.426 e. The van der Waals surface area contributed by atoms with Gasteiger partial charge in [-0.25, -0.2) is 9.18 Å². The number of alkyl halides is 6. The van der Waals surface area contributed by atoms with Crippen molar-refractivity contribution in [2.75, 3.05) is 26.2 Å². The molecule has 1 amide bonds. The number of rotatable bonds is 6. The van der Waals surface area contributed by atoms with Crippen molar-refractivity contribution in [3.8, 4) is 0 Å². The molecule has 6 nitrogen and oxygen atoms in total. The molecule has 0 unspecified atom stereocenters. The van der Waals surface area contributed by atoms with E-state index >= 15 is 0 Å². The Kier molecular flexibility index (Phi) is 11.2. The third-order valence-corrected chi connectivity index (χ3v) is 5.34. The highest BCUT2D eigenvalue weighted by Gasteiger charge is 2.60. The Labute approximate surface area is 198 Å². The predicted octanol–water partition coefficient (Wildman–Crippen LogP) is 4.89. The predicted molar refractivity (Wildman–Crippen MR) is 109 cm³/mol. The average molecular weight is 516 g/mol. The quantitative estimate of drug-likeness (QED) is 0.504. The molecular formula is C22H27F7N2O4. The molecule has 1 saturated heterocycles. The van der Waals surface area contributed by atoms with Crippen molar-refractivity contribution >= 4 is 12.2 Å². The SMILES string of the molecule is Cc1ccc(CN2CCN(C(=O)OC(C(F)(F)F)C(F)(F)F)CC2)c(CCC(C)C)c1F.O=C=O. The Bertz CT molecular complexity index is 860. The average Bonchev–Trinajstić information content (AvgIpc) is 2.73. The molecule has 0 saturated carbocycles. The van der Waals surface area contributed by atoms with E-state index in [2.05, 4.69) is 4.74 Å². The summed E-state index contributed by atoms with van der Waals surface area (Å²) in [5.74, 6) is 0.116. The zero-order chi connectivity index (χ0) is 27.0. The summed E-state index contributed by atoms with van der Waals surface area (Å²) in [5, 5.41) is 0. The number of hydrogen-bond donors (Lipinski definition) is 0. The van der Waals surface area contributed by atoms with Gasteiger partial charge in [0.15, 0.2) is 0 Å². The van der Waals surface area contributed by atoms with Crippen molar-refractivity contribution in [3.63, 3.8) is 0 Å². The van der Waals surface area contributed by atoms with Gasteiger partial charge >= 0.3 is 24.6 Å². The fourth-order valence-electron chi connectivity index (χ4n) is 3.45. The van der Waals surface area contributed by atoms with Gasteiger partial charge in [0.25, 0.3) is 6.10 Å². The second-order valence-corrected chi connectivity index (χ2v) is 8.46. The molecule has 1 aliphatic rings. The van der Waals surface area contributed by atoms with Crippen molar-refractivity contribution in [1.82, 2.24) is 9.80 Å². The third-order valence-electron chi connectivity index (χ3n) is 5.34. The molecule has 0 N–H and O–H groups in total. The normalized spacial score (nSPS) is 15.0. The first-order valence-electron chi connectivity index (χ1n) is 10.7. The van der Waals surface area contributed by atoms with Gasteiger partial charge in [-0.1, -0.05) is 26.0 Å². The molecule has 198 valence electrons. The van der Waals surface area contributed by atoms with Crippen LogP contribution in [0.2, 0.25) is 0 Å². The van der Waals surface area contributed by atoms with Crippen LogP contribution in [0.1, 0.15) is 37.0 Å². The van der Waals surface area contributed by atoms with Crippen LogP contribution >= 0.6 is 0 Å². The zero-order valence-corrected chi connectivity index (χ0v) is 19.4. The van der Waals surface area contributed by atoms with Gasteiger partial charge in [0, 0.05) is 32.7 Å². The van der Waals surface area contributed by atoms with Crippen molar-refractivity contribution < 1.29 is 49.9 Å². The molecule has 0 atom stereocenters. The van der Waals surface area contributed by atoms with Crippen molar-refractivity contribution in [1.29, 1.82) is 0 Å². The zero-order valence-electron chi connectivity index (χ0n) is 19.4. The Morgan fingerprint density at radius 3 is 2.00 bits per heavy atom. The summed E-state index contributed by atoms with van der Waals surface area (Å²) in [6, 6.07) is 3.50. The van der Waals surface area contributed by atoms with Crippen molar-refractivity contribution in [2.24, 2.45) is 5.92 Å². The van der Waals surface area contributed by atoms with Crippen LogP contribution in [0.5, 0.6) is 0 Å². The highest BCUT2D eigenvalue weighted by molar-refractivity contribution is 5.68. The van der Waals surface area contributed by atoms with Gasteiger partial charge in [-0.05, 0) is 42.4 Å². The maximum atomic E-state index is 14.7. The molecule has 0 bridgehead atoms. The monoisotopic (exact) mass is 516 g/mol. The number of piperazine rings is 1. The fourth-order valence-corrected chi connectivity index (χ4v) is 3.45. The van der Waals surface area contributed by atoms with Gasteiger partial charge in [0.05, 0.1) is 0 Å². The number of aryl methyl sites for hydroxylation is 1. The van der Waals surface area contributed by atoms with Gasteiger partial charge in [-0.15, -0.1) is 0 Å². The lowest BCUT2D eigenvalue weighted by atomic mass is 9.95. The van der Waals surface area contributed by atoms with Crippen molar-refractivity contribution in [2.45, 2.75) is 58.6 Å². The number of amides is 1. The summed E-state index contributed by atoms with van der Waals surface area (Å²) in [4.78, 5) is 30.8. The van der Waals surface area contributed by atoms with Gasteiger partial charge in [-0.3, -0.25) is 4.90 Å². The standard InChI is InChI=1S/C21H27F7N2O2.CO2/c1-13(2)4-7-16-15(6-5-14(3)17(16)22)12-29-8-10-30(11-9-29)19(31)32-18(20(23,24)25)21(26,27)28;2-1-3/h5-6,13,18H,4,7-12H2,1-3H3;. The van der Waals surface area contributed by atoms with Crippen LogP contribution in [0.15, 0.2) is 12.1 Å². The molecule has 1 heterocycles. The van der Waals surface area contributed by atoms with E-state index in [4.69, 9.17) is 9.59 Å². The first-order valence-corrected chi connectivity index (χ1v) is 10.7. The number of hydrogen-bond acceptors (Lipinski definition) is 5. The Hall–Kier alpha value is -2.66. The minimum Gasteiger partial charge on any atom is -0.426 e. The van der Waals surface area contributed by atoms with Gasteiger partial charge in [0.1, 0.15) is 5.82 Å². The molecule has 0 radical (unpaired) electrons. The van der Waals surface area contributed by atoms with Crippen LogP contribution in [0.25, 0.3) is 0 Å². The van der Waals surface area contributed by atoms with Crippen LogP contribution in [0.3, 0.4) is 0 Å². The highest BCUT2D eigenvalue weighted by atomic mass is 19.4. The molecule has 1 aromatic rings. The Balaban J connectivity index is 0.00000194. The molecular weight excluding hydrogens is 489 g/mol. The van der Waals surface area contributed by atoms with E-state index in [9.17, 15) is 35.5 Å². The topological polar surface area (TPSA) is 66.9 Å². The number of benzene rings is 1. The number of halogens is 7. The Morgan fingerprint density at radius 1 is 1.03 bits per heavy atom. The van der Waals surface area contributed by atoms with E-state index in [-0.39, 0.29) is 38.1 Å². The third kappa shape index (κ3) is 9.48. The van der Waals surface area contributed by atoms with E-state index < -0.39 is 24.5 Å². The largest absolute Gasteiger partial charge is 0.434 e. The number of nitrogens with zero attached hydrogens (tertiary/aromatic N) is 2. The molecule has 0 spiro atoms. The molecule has 1 aliphatic heterocycles.